The standard InChI is InChI=1S/C17H26N2OS/c1-12-7-8-13(2)16(11-12)20-9-10-21-17-18-14-5-3-4-6-15(14)19-17/h7-8,11,14-15,17-19H,3-6,9-10H2,1-2H3. The number of hydrogen-bond donors (Lipinski definition) is 2. The summed E-state index contributed by atoms with van der Waals surface area (Å²) in [5.74, 6) is 2.04. The zero-order valence-corrected chi connectivity index (χ0v) is 13.8. The Balaban J connectivity index is 1.39. The summed E-state index contributed by atoms with van der Waals surface area (Å²) in [5.41, 5.74) is 2.88. The van der Waals surface area contributed by atoms with E-state index in [0.29, 0.717) is 17.6 Å². The normalized spacial score (nSPS) is 28.4. The van der Waals surface area contributed by atoms with Gasteiger partial charge >= 0.3 is 0 Å². The summed E-state index contributed by atoms with van der Waals surface area (Å²) < 4.78 is 5.92. The Bertz CT molecular complexity index is 466. The van der Waals surface area contributed by atoms with Gasteiger partial charge in [0.05, 0.1) is 6.61 Å². The van der Waals surface area contributed by atoms with Crippen LogP contribution in [-0.4, -0.2) is 29.9 Å². The molecule has 0 bridgehead atoms. The molecule has 3 nitrogen and oxygen atoms in total. The van der Waals surface area contributed by atoms with E-state index in [1.165, 1.54) is 36.8 Å². The van der Waals surface area contributed by atoms with Crippen molar-refractivity contribution in [1.29, 1.82) is 0 Å². The van der Waals surface area contributed by atoms with Crippen LogP contribution in [-0.2, 0) is 0 Å². The van der Waals surface area contributed by atoms with Gasteiger partial charge in [-0.25, -0.2) is 0 Å². The minimum atomic E-state index is 0.403. The molecule has 1 saturated carbocycles. The molecule has 21 heavy (non-hydrogen) atoms. The van der Waals surface area contributed by atoms with Crippen molar-refractivity contribution in [2.75, 3.05) is 12.4 Å². The highest BCUT2D eigenvalue weighted by Crippen LogP contribution is 2.26. The van der Waals surface area contributed by atoms with E-state index in [9.17, 15) is 0 Å². The summed E-state index contributed by atoms with van der Waals surface area (Å²) in [6.45, 7) is 4.98. The second-order valence-electron chi connectivity index (χ2n) is 6.20. The molecule has 1 heterocycles. The van der Waals surface area contributed by atoms with Crippen molar-refractivity contribution in [3.05, 3.63) is 29.3 Å². The monoisotopic (exact) mass is 306 g/mol. The molecule has 3 rings (SSSR count). The van der Waals surface area contributed by atoms with Crippen molar-refractivity contribution in [2.24, 2.45) is 0 Å². The Hall–Kier alpha value is -0.710. The zero-order valence-electron chi connectivity index (χ0n) is 13.0. The van der Waals surface area contributed by atoms with Gasteiger partial charge in [0, 0.05) is 17.8 Å². The predicted octanol–water partition coefficient (Wildman–Crippen LogP) is 3.20. The van der Waals surface area contributed by atoms with Crippen molar-refractivity contribution >= 4 is 11.8 Å². The molecule has 2 fully saturated rings. The number of thioether (sulfide) groups is 1. The van der Waals surface area contributed by atoms with Gasteiger partial charge in [-0.3, -0.25) is 10.6 Å². The molecule has 1 aliphatic heterocycles. The van der Waals surface area contributed by atoms with Crippen molar-refractivity contribution in [3.8, 4) is 5.75 Å². The van der Waals surface area contributed by atoms with E-state index >= 15 is 0 Å². The van der Waals surface area contributed by atoms with Gasteiger partial charge in [0.15, 0.2) is 0 Å². The van der Waals surface area contributed by atoms with Gasteiger partial charge in [0.25, 0.3) is 0 Å². The molecule has 0 aromatic heterocycles. The van der Waals surface area contributed by atoms with Crippen LogP contribution in [0.2, 0.25) is 0 Å². The van der Waals surface area contributed by atoms with Crippen LogP contribution in [0.4, 0.5) is 0 Å². The minimum absolute atomic E-state index is 0.403. The summed E-state index contributed by atoms with van der Waals surface area (Å²) in [6.07, 6.45) is 5.41. The summed E-state index contributed by atoms with van der Waals surface area (Å²) in [6, 6.07) is 7.77. The fourth-order valence-electron chi connectivity index (χ4n) is 3.24. The highest BCUT2D eigenvalue weighted by Gasteiger charge is 2.34. The van der Waals surface area contributed by atoms with Crippen molar-refractivity contribution in [3.63, 3.8) is 0 Å². The van der Waals surface area contributed by atoms with Crippen LogP contribution in [0.1, 0.15) is 36.8 Å². The number of rotatable bonds is 5. The summed E-state index contributed by atoms with van der Waals surface area (Å²) in [7, 11) is 0. The second kappa shape index (κ2) is 7.03. The number of aryl methyl sites for hydroxylation is 2. The van der Waals surface area contributed by atoms with E-state index in [0.717, 1.165) is 18.1 Å². The lowest BCUT2D eigenvalue weighted by Gasteiger charge is -2.23. The second-order valence-corrected chi connectivity index (χ2v) is 7.41. The molecule has 2 aliphatic rings. The molecule has 2 N–H and O–H groups in total. The lowest BCUT2D eigenvalue weighted by molar-refractivity contribution is 0.341. The van der Waals surface area contributed by atoms with Gasteiger partial charge in [0.2, 0.25) is 0 Å². The molecule has 1 aromatic carbocycles. The first kappa shape index (κ1) is 15.2. The van der Waals surface area contributed by atoms with Crippen LogP contribution in [0.15, 0.2) is 18.2 Å². The first-order valence-corrected chi connectivity index (χ1v) is 9.11. The topological polar surface area (TPSA) is 33.3 Å². The van der Waals surface area contributed by atoms with Gasteiger partial charge in [-0.1, -0.05) is 25.0 Å². The molecular formula is C17H26N2OS. The third kappa shape index (κ3) is 3.93. The number of hydrogen-bond acceptors (Lipinski definition) is 4. The fourth-order valence-corrected chi connectivity index (χ4v) is 4.20. The lowest BCUT2D eigenvalue weighted by Crippen LogP contribution is -2.36. The molecule has 1 saturated heterocycles. The third-order valence-electron chi connectivity index (χ3n) is 4.47. The van der Waals surface area contributed by atoms with Crippen LogP contribution in [0, 0.1) is 13.8 Å². The van der Waals surface area contributed by atoms with E-state index in [2.05, 4.69) is 42.7 Å². The van der Waals surface area contributed by atoms with E-state index in [4.69, 9.17) is 4.74 Å². The molecule has 116 valence electrons. The number of fused-ring (bicyclic) bond motifs is 1. The van der Waals surface area contributed by atoms with Crippen LogP contribution in [0.5, 0.6) is 5.75 Å². The summed E-state index contributed by atoms with van der Waals surface area (Å²) in [5, 5.41) is 7.42. The van der Waals surface area contributed by atoms with E-state index in [1.54, 1.807) is 0 Å². The molecular weight excluding hydrogens is 280 g/mol. The molecule has 4 heteroatoms. The highest BCUT2D eigenvalue weighted by atomic mass is 32.2. The fraction of sp³-hybridized carbons (Fsp3) is 0.647. The Kier molecular flexibility index (Phi) is 5.09. The Labute approximate surface area is 132 Å². The SMILES string of the molecule is Cc1ccc(C)c(OCCSC2NC3CCCCC3N2)c1. The van der Waals surface area contributed by atoms with Crippen molar-refractivity contribution in [2.45, 2.75) is 57.1 Å². The van der Waals surface area contributed by atoms with E-state index in [-0.39, 0.29) is 0 Å². The molecule has 0 amide bonds. The Morgan fingerprint density at radius 2 is 1.86 bits per heavy atom. The molecule has 1 aromatic rings. The van der Waals surface area contributed by atoms with Crippen molar-refractivity contribution in [1.82, 2.24) is 10.6 Å². The lowest BCUT2D eigenvalue weighted by atomic mass is 9.92. The van der Waals surface area contributed by atoms with E-state index < -0.39 is 0 Å². The largest absolute Gasteiger partial charge is 0.492 e. The predicted molar refractivity (Wildman–Crippen MR) is 90.0 cm³/mol. The maximum Gasteiger partial charge on any atom is 0.122 e. The average Bonchev–Trinajstić information content (AvgIpc) is 2.89. The van der Waals surface area contributed by atoms with Crippen LogP contribution >= 0.6 is 11.8 Å². The molecule has 2 unspecified atom stereocenters. The number of nitrogens with one attached hydrogen (secondary N) is 2. The molecule has 0 radical (unpaired) electrons. The average molecular weight is 306 g/mol. The van der Waals surface area contributed by atoms with Gasteiger partial charge in [-0.15, -0.1) is 11.8 Å². The van der Waals surface area contributed by atoms with Gasteiger partial charge in [0.1, 0.15) is 11.2 Å². The van der Waals surface area contributed by atoms with Gasteiger partial charge < -0.3 is 4.74 Å². The molecule has 1 aliphatic carbocycles. The quantitative estimate of drug-likeness (QED) is 0.819. The van der Waals surface area contributed by atoms with Crippen molar-refractivity contribution < 1.29 is 4.74 Å². The highest BCUT2D eigenvalue weighted by molar-refractivity contribution is 7.99. The Morgan fingerprint density at radius 3 is 2.57 bits per heavy atom. The van der Waals surface area contributed by atoms with Crippen LogP contribution in [0.3, 0.4) is 0 Å². The minimum Gasteiger partial charge on any atom is -0.492 e. The zero-order chi connectivity index (χ0) is 14.7. The Morgan fingerprint density at radius 1 is 1.14 bits per heavy atom. The summed E-state index contributed by atoms with van der Waals surface area (Å²) >= 11 is 1.93. The maximum absolute atomic E-state index is 5.92. The van der Waals surface area contributed by atoms with E-state index in [1.807, 2.05) is 11.8 Å². The maximum atomic E-state index is 5.92. The molecule has 0 spiro atoms. The first-order valence-electron chi connectivity index (χ1n) is 8.06. The number of benzene rings is 1. The third-order valence-corrected chi connectivity index (χ3v) is 5.47. The first-order chi connectivity index (χ1) is 10.2. The summed E-state index contributed by atoms with van der Waals surface area (Å²) in [4.78, 5) is 0. The van der Waals surface area contributed by atoms with Gasteiger partial charge in [-0.05, 0) is 43.9 Å². The van der Waals surface area contributed by atoms with Crippen LogP contribution < -0.4 is 15.4 Å². The van der Waals surface area contributed by atoms with Crippen LogP contribution in [0.25, 0.3) is 0 Å². The molecule has 2 atom stereocenters. The smallest absolute Gasteiger partial charge is 0.122 e. The van der Waals surface area contributed by atoms with Gasteiger partial charge in [-0.2, -0.15) is 0 Å². The number of ether oxygens (including phenoxy) is 1.